The van der Waals surface area contributed by atoms with Gasteiger partial charge in [-0.05, 0) is 5.92 Å². The molecule has 2 heterocycles. The molecule has 1 saturated heterocycles. The maximum atomic E-state index is 10.6. The first-order chi connectivity index (χ1) is 11.0. The van der Waals surface area contributed by atoms with Crippen molar-refractivity contribution in [3.63, 3.8) is 0 Å². The van der Waals surface area contributed by atoms with E-state index in [1.807, 2.05) is 11.8 Å². The average molecular weight is 468 g/mol. The summed E-state index contributed by atoms with van der Waals surface area (Å²) in [6.45, 7) is 7.67. The van der Waals surface area contributed by atoms with Gasteiger partial charge in [0.25, 0.3) is 0 Å². The lowest BCUT2D eigenvalue weighted by Crippen LogP contribution is -2.49. The molecule has 1 unspecified atom stereocenters. The van der Waals surface area contributed by atoms with Crippen LogP contribution in [-0.4, -0.2) is 63.2 Å². The van der Waals surface area contributed by atoms with Crippen molar-refractivity contribution < 1.29 is 4.92 Å². The molecule has 136 valence electrons. The van der Waals surface area contributed by atoms with Crippen molar-refractivity contribution in [2.75, 3.05) is 32.4 Å². The first kappa shape index (κ1) is 21.0. The fraction of sp³-hybridized carbons (Fsp3) is 0.714. The van der Waals surface area contributed by atoms with E-state index < -0.39 is 4.92 Å². The summed E-state index contributed by atoms with van der Waals surface area (Å²) < 4.78 is 1.57. The highest BCUT2D eigenvalue weighted by Crippen LogP contribution is 2.24. The van der Waals surface area contributed by atoms with E-state index in [0.717, 1.165) is 24.8 Å². The van der Waals surface area contributed by atoms with E-state index in [0.29, 0.717) is 24.3 Å². The van der Waals surface area contributed by atoms with Crippen molar-refractivity contribution in [1.29, 1.82) is 0 Å². The van der Waals surface area contributed by atoms with Gasteiger partial charge in [0.05, 0.1) is 11.5 Å². The lowest BCUT2D eigenvalue weighted by atomic mass is 10.1. The molecule has 1 aromatic rings. The second-order valence-electron chi connectivity index (χ2n) is 5.79. The second-order valence-corrected chi connectivity index (χ2v) is 7.14. The van der Waals surface area contributed by atoms with Crippen LogP contribution in [0.2, 0.25) is 0 Å². The van der Waals surface area contributed by atoms with Crippen molar-refractivity contribution in [2.24, 2.45) is 10.9 Å². The van der Waals surface area contributed by atoms with E-state index >= 15 is 0 Å². The Hall–Kier alpha value is -1.04. The third-order valence-electron chi connectivity index (χ3n) is 3.80. The number of thioether (sulfide) groups is 1. The standard InChI is InChI=1S/C14H24N6O2S.HI/c1-11(2)13-10-18(6-7-23-13)14(15-3)16-4-5-19-9-12(8-17-19)20(21)22;/h8-9,11,13H,4-7,10H2,1-3H3,(H,15,16);1H. The van der Waals surface area contributed by atoms with Crippen molar-refractivity contribution in [2.45, 2.75) is 25.6 Å². The molecule has 1 aliphatic heterocycles. The minimum atomic E-state index is -0.437. The number of nitro groups is 1. The van der Waals surface area contributed by atoms with E-state index in [4.69, 9.17) is 0 Å². The van der Waals surface area contributed by atoms with Gasteiger partial charge < -0.3 is 10.2 Å². The van der Waals surface area contributed by atoms with Gasteiger partial charge in [0.1, 0.15) is 12.4 Å². The van der Waals surface area contributed by atoms with Crippen molar-refractivity contribution in [3.8, 4) is 0 Å². The maximum Gasteiger partial charge on any atom is 0.306 e. The molecule has 8 nitrogen and oxygen atoms in total. The Kier molecular flexibility index (Phi) is 8.81. The third kappa shape index (κ3) is 5.80. The van der Waals surface area contributed by atoms with Gasteiger partial charge in [0.2, 0.25) is 0 Å². The van der Waals surface area contributed by atoms with Gasteiger partial charge in [0, 0.05) is 37.7 Å². The fourth-order valence-corrected chi connectivity index (χ4v) is 3.75. The number of aromatic nitrogens is 2. The number of hydrogen-bond acceptors (Lipinski definition) is 5. The topological polar surface area (TPSA) is 88.6 Å². The van der Waals surface area contributed by atoms with Crippen molar-refractivity contribution >= 4 is 47.4 Å². The number of hydrogen-bond donors (Lipinski definition) is 1. The smallest absolute Gasteiger partial charge is 0.306 e. The zero-order valence-electron chi connectivity index (χ0n) is 14.2. The van der Waals surface area contributed by atoms with Gasteiger partial charge in [0.15, 0.2) is 5.96 Å². The summed E-state index contributed by atoms with van der Waals surface area (Å²) >= 11 is 2.03. The molecule has 1 N–H and O–H groups in total. The van der Waals surface area contributed by atoms with E-state index in [9.17, 15) is 10.1 Å². The summed E-state index contributed by atoms with van der Waals surface area (Å²) in [6, 6.07) is 0. The Morgan fingerprint density at radius 2 is 2.38 bits per heavy atom. The summed E-state index contributed by atoms with van der Waals surface area (Å²) in [7, 11) is 1.78. The molecule has 1 aromatic heterocycles. The van der Waals surface area contributed by atoms with E-state index in [1.165, 1.54) is 12.4 Å². The van der Waals surface area contributed by atoms with Crippen LogP contribution in [0, 0.1) is 16.0 Å². The zero-order valence-corrected chi connectivity index (χ0v) is 17.4. The zero-order chi connectivity index (χ0) is 16.8. The predicted molar refractivity (Wildman–Crippen MR) is 108 cm³/mol. The summed E-state index contributed by atoms with van der Waals surface area (Å²) in [5.41, 5.74) is 0.0159. The summed E-state index contributed by atoms with van der Waals surface area (Å²) in [5.74, 6) is 2.64. The minimum Gasteiger partial charge on any atom is -0.354 e. The van der Waals surface area contributed by atoms with Crippen LogP contribution in [0.3, 0.4) is 0 Å². The average Bonchev–Trinajstić information content (AvgIpc) is 3.01. The second kappa shape index (κ2) is 10.1. The number of nitrogens with one attached hydrogen (secondary N) is 1. The molecule has 0 aliphatic carbocycles. The first-order valence-corrected chi connectivity index (χ1v) is 8.80. The van der Waals surface area contributed by atoms with Crippen LogP contribution in [0.4, 0.5) is 5.69 Å². The van der Waals surface area contributed by atoms with Crippen LogP contribution < -0.4 is 5.32 Å². The summed E-state index contributed by atoms with van der Waals surface area (Å²) in [4.78, 5) is 16.8. The van der Waals surface area contributed by atoms with Gasteiger partial charge >= 0.3 is 5.69 Å². The fourth-order valence-electron chi connectivity index (χ4n) is 2.45. The monoisotopic (exact) mass is 468 g/mol. The number of nitrogens with zero attached hydrogens (tertiary/aromatic N) is 5. The van der Waals surface area contributed by atoms with Gasteiger partial charge in [-0.25, -0.2) is 0 Å². The van der Waals surface area contributed by atoms with Crippen molar-refractivity contribution in [1.82, 2.24) is 20.0 Å². The predicted octanol–water partition coefficient (Wildman–Crippen LogP) is 2.06. The van der Waals surface area contributed by atoms with E-state index in [2.05, 4.69) is 34.2 Å². The lowest BCUT2D eigenvalue weighted by Gasteiger charge is -2.36. The number of aliphatic imine (C=N–C) groups is 1. The molecule has 0 radical (unpaired) electrons. The van der Waals surface area contributed by atoms with Crippen molar-refractivity contribution in [3.05, 3.63) is 22.5 Å². The van der Waals surface area contributed by atoms with Crippen LogP contribution in [0.25, 0.3) is 0 Å². The molecule has 0 amide bonds. The molecule has 0 bridgehead atoms. The van der Waals surface area contributed by atoms with Crippen LogP contribution in [0.1, 0.15) is 13.8 Å². The molecule has 0 spiro atoms. The largest absolute Gasteiger partial charge is 0.354 e. The minimum absolute atomic E-state index is 0. The highest BCUT2D eigenvalue weighted by Gasteiger charge is 2.24. The van der Waals surface area contributed by atoms with Crippen LogP contribution in [0.15, 0.2) is 17.4 Å². The Labute approximate surface area is 163 Å². The lowest BCUT2D eigenvalue weighted by molar-refractivity contribution is -0.385. The van der Waals surface area contributed by atoms with Crippen LogP contribution in [0.5, 0.6) is 0 Å². The maximum absolute atomic E-state index is 10.6. The SMILES string of the molecule is CN=C(NCCn1cc([N+](=O)[O-])cn1)N1CCSC(C(C)C)C1.I. The molecule has 1 aliphatic rings. The van der Waals surface area contributed by atoms with Gasteiger partial charge in [-0.15, -0.1) is 24.0 Å². The van der Waals surface area contributed by atoms with E-state index in [1.54, 1.807) is 11.7 Å². The molecule has 24 heavy (non-hydrogen) atoms. The molecular weight excluding hydrogens is 443 g/mol. The Morgan fingerprint density at radius 1 is 1.62 bits per heavy atom. The number of guanidine groups is 1. The molecule has 10 heteroatoms. The number of rotatable bonds is 5. The quantitative estimate of drug-likeness (QED) is 0.234. The van der Waals surface area contributed by atoms with Gasteiger partial charge in [-0.1, -0.05) is 13.8 Å². The third-order valence-corrected chi connectivity index (χ3v) is 5.34. The molecule has 0 aromatic carbocycles. The first-order valence-electron chi connectivity index (χ1n) is 7.75. The summed E-state index contributed by atoms with van der Waals surface area (Å²) in [6.07, 6.45) is 2.71. The van der Waals surface area contributed by atoms with Gasteiger partial charge in [-0.2, -0.15) is 16.9 Å². The Balaban J connectivity index is 0.00000288. The number of halogens is 1. The van der Waals surface area contributed by atoms with E-state index in [-0.39, 0.29) is 29.7 Å². The molecule has 1 atom stereocenters. The summed E-state index contributed by atoms with van der Waals surface area (Å²) in [5, 5.41) is 18.6. The highest BCUT2D eigenvalue weighted by molar-refractivity contribution is 14.0. The highest BCUT2D eigenvalue weighted by atomic mass is 127. The molecule has 1 fully saturated rings. The van der Waals surface area contributed by atoms with Crippen LogP contribution in [-0.2, 0) is 6.54 Å². The normalized spacial score (nSPS) is 18.4. The van der Waals surface area contributed by atoms with Gasteiger partial charge in [-0.3, -0.25) is 19.8 Å². The Morgan fingerprint density at radius 3 is 2.96 bits per heavy atom. The van der Waals surface area contributed by atoms with Crippen LogP contribution >= 0.6 is 35.7 Å². The molecule has 0 saturated carbocycles. The Bertz CT molecular complexity index is 565. The molecular formula is C14H25IN6O2S. The molecule has 2 rings (SSSR count).